The van der Waals surface area contributed by atoms with E-state index in [-0.39, 0.29) is 24.6 Å². The Morgan fingerprint density at radius 1 is 1.17 bits per heavy atom. The maximum absolute atomic E-state index is 11.9. The zero-order valence-corrected chi connectivity index (χ0v) is 14.3. The van der Waals surface area contributed by atoms with Gasteiger partial charge in [0.1, 0.15) is 0 Å². The van der Waals surface area contributed by atoms with Crippen LogP contribution in [0.2, 0.25) is 0 Å². The maximum atomic E-state index is 11.9. The minimum Gasteiger partial charge on any atom is -0.463 e. The predicted octanol–water partition coefficient (Wildman–Crippen LogP) is 2.36. The lowest BCUT2D eigenvalue weighted by atomic mass is 10.1. The first kappa shape index (κ1) is 18.2. The third-order valence-corrected chi connectivity index (χ3v) is 3.62. The minimum atomic E-state index is -0.384. The van der Waals surface area contributed by atoms with Crippen LogP contribution in [-0.4, -0.2) is 49.4 Å². The molecule has 1 fully saturated rings. The molecule has 0 N–H and O–H groups in total. The van der Waals surface area contributed by atoms with Crippen molar-refractivity contribution in [1.29, 1.82) is 0 Å². The van der Waals surface area contributed by atoms with Crippen LogP contribution in [0.25, 0.3) is 0 Å². The number of allylic oxidation sites excluding steroid dienone is 1. The molecule has 2 rings (SSSR count). The Hall–Kier alpha value is -2.18. The first-order valence-electron chi connectivity index (χ1n) is 7.98. The first-order chi connectivity index (χ1) is 11.5. The van der Waals surface area contributed by atoms with E-state index in [4.69, 9.17) is 14.3 Å². The molecule has 6 heteroatoms. The smallest absolute Gasteiger partial charge is 0.357 e. The van der Waals surface area contributed by atoms with Crippen LogP contribution >= 0.6 is 0 Å². The van der Waals surface area contributed by atoms with Gasteiger partial charge in [0.15, 0.2) is 0 Å². The number of hydrogen-bond donors (Lipinski definition) is 0. The summed E-state index contributed by atoms with van der Waals surface area (Å²) < 4.78 is 10.7. The van der Waals surface area contributed by atoms with Gasteiger partial charge in [0.2, 0.25) is 0 Å². The van der Waals surface area contributed by atoms with Crippen molar-refractivity contribution in [3.63, 3.8) is 0 Å². The highest BCUT2D eigenvalue weighted by Crippen LogP contribution is 2.16. The van der Waals surface area contributed by atoms with E-state index in [1.165, 1.54) is 0 Å². The minimum absolute atomic E-state index is 0.0719. The van der Waals surface area contributed by atoms with Crippen LogP contribution in [0.1, 0.15) is 31.1 Å². The van der Waals surface area contributed by atoms with E-state index in [0.29, 0.717) is 30.8 Å². The van der Waals surface area contributed by atoms with Gasteiger partial charge in [0, 0.05) is 0 Å². The lowest BCUT2D eigenvalue weighted by Gasteiger charge is -2.36. The van der Waals surface area contributed by atoms with Crippen LogP contribution in [0.15, 0.2) is 41.5 Å². The number of nitrogens with zero attached hydrogens (tertiary/aromatic N) is 1. The number of ether oxygens (including phenoxy) is 2. The zero-order valence-electron chi connectivity index (χ0n) is 14.3. The molecule has 24 heavy (non-hydrogen) atoms. The highest BCUT2D eigenvalue weighted by Gasteiger charge is 2.31. The van der Waals surface area contributed by atoms with E-state index in [1.54, 1.807) is 36.3 Å². The fourth-order valence-electron chi connectivity index (χ4n) is 2.15. The Balaban J connectivity index is 1.74. The summed E-state index contributed by atoms with van der Waals surface area (Å²) in [7, 11) is 0. The molecule has 6 nitrogen and oxygen atoms in total. The van der Waals surface area contributed by atoms with Gasteiger partial charge in [-0.05, 0) is 32.9 Å². The molecule has 1 saturated heterocycles. The fourth-order valence-corrected chi connectivity index (χ4v) is 2.15. The molecule has 130 valence electrons. The second-order valence-corrected chi connectivity index (χ2v) is 5.72. The summed E-state index contributed by atoms with van der Waals surface area (Å²) in [5, 5.41) is 1.55. The van der Waals surface area contributed by atoms with E-state index in [9.17, 15) is 9.59 Å². The molecule has 0 aromatic heterocycles. The lowest BCUT2D eigenvalue weighted by Crippen LogP contribution is -2.52. The first-order valence-corrected chi connectivity index (χ1v) is 7.98. The van der Waals surface area contributed by atoms with Gasteiger partial charge in [0.25, 0.3) is 0 Å². The number of hydrogen-bond acceptors (Lipinski definition) is 6. The van der Waals surface area contributed by atoms with E-state index < -0.39 is 0 Å². The van der Waals surface area contributed by atoms with Gasteiger partial charge in [-0.2, -0.15) is 0 Å². The van der Waals surface area contributed by atoms with Gasteiger partial charge in [-0.1, -0.05) is 23.8 Å². The number of carbonyl (C=O) groups excluding carboxylic acids is 2. The van der Waals surface area contributed by atoms with Crippen molar-refractivity contribution in [1.82, 2.24) is 5.06 Å². The highest BCUT2D eigenvalue weighted by molar-refractivity contribution is 5.89. The molecule has 0 atom stereocenters. The average Bonchev–Trinajstić information content (AvgIpc) is 2.52. The quantitative estimate of drug-likeness (QED) is 0.564. The van der Waals surface area contributed by atoms with Gasteiger partial charge in [0.05, 0.1) is 43.5 Å². The second kappa shape index (κ2) is 8.61. The molecule has 1 heterocycles. The molecule has 0 amide bonds. The SMILES string of the molecule is CCOC(=O)C(COC1CN(OC(=O)c2ccccc2)C1)=C(C)C. The second-order valence-electron chi connectivity index (χ2n) is 5.72. The van der Waals surface area contributed by atoms with Gasteiger partial charge in [-0.25, -0.2) is 9.59 Å². The summed E-state index contributed by atoms with van der Waals surface area (Å²) in [4.78, 5) is 29.0. The summed E-state index contributed by atoms with van der Waals surface area (Å²) in [5.74, 6) is -0.727. The molecule has 1 aliphatic heterocycles. The number of esters is 1. The Morgan fingerprint density at radius 2 is 1.83 bits per heavy atom. The molecular weight excluding hydrogens is 310 g/mol. The maximum Gasteiger partial charge on any atom is 0.357 e. The number of carbonyl (C=O) groups is 2. The summed E-state index contributed by atoms with van der Waals surface area (Å²) in [6.07, 6.45) is -0.0719. The molecule has 0 saturated carbocycles. The Bertz CT molecular complexity index is 601. The number of rotatable bonds is 7. The molecule has 1 aliphatic rings. The van der Waals surface area contributed by atoms with E-state index in [1.807, 2.05) is 19.9 Å². The van der Waals surface area contributed by atoms with Crippen molar-refractivity contribution in [3.05, 3.63) is 47.0 Å². The van der Waals surface area contributed by atoms with Gasteiger partial charge < -0.3 is 14.3 Å². The summed E-state index contributed by atoms with van der Waals surface area (Å²) >= 11 is 0. The van der Waals surface area contributed by atoms with E-state index in [0.717, 1.165) is 5.57 Å². The average molecular weight is 333 g/mol. The molecule has 1 aromatic carbocycles. The van der Waals surface area contributed by atoms with Crippen LogP contribution in [0.3, 0.4) is 0 Å². The summed E-state index contributed by atoms with van der Waals surface area (Å²) in [6.45, 7) is 6.98. The topological polar surface area (TPSA) is 65.1 Å². The zero-order chi connectivity index (χ0) is 17.5. The van der Waals surface area contributed by atoms with Crippen molar-refractivity contribution >= 4 is 11.9 Å². The van der Waals surface area contributed by atoms with Crippen LogP contribution in [0.5, 0.6) is 0 Å². The normalized spacial score (nSPS) is 14.6. The third-order valence-electron chi connectivity index (χ3n) is 3.62. The van der Waals surface area contributed by atoms with Crippen molar-refractivity contribution in [2.75, 3.05) is 26.3 Å². The number of benzene rings is 1. The monoisotopic (exact) mass is 333 g/mol. The van der Waals surface area contributed by atoms with Gasteiger partial charge >= 0.3 is 11.9 Å². The standard InChI is InChI=1S/C18H23NO5/c1-4-22-18(21)16(13(2)3)12-23-15-10-19(11-15)24-17(20)14-8-6-5-7-9-14/h5-9,15H,4,10-12H2,1-3H3. The van der Waals surface area contributed by atoms with Crippen molar-refractivity contribution in [3.8, 4) is 0 Å². The fraction of sp³-hybridized carbons (Fsp3) is 0.444. The largest absolute Gasteiger partial charge is 0.463 e. The van der Waals surface area contributed by atoms with Crippen molar-refractivity contribution in [2.45, 2.75) is 26.9 Å². The van der Waals surface area contributed by atoms with Gasteiger partial charge in [-0.3, -0.25) is 0 Å². The van der Waals surface area contributed by atoms with Crippen LogP contribution in [0, 0.1) is 0 Å². The Labute approximate surface area is 141 Å². The summed E-state index contributed by atoms with van der Waals surface area (Å²) in [5.41, 5.74) is 1.92. The van der Waals surface area contributed by atoms with Crippen LogP contribution in [-0.2, 0) is 19.1 Å². The van der Waals surface area contributed by atoms with E-state index >= 15 is 0 Å². The van der Waals surface area contributed by atoms with Crippen LogP contribution in [0.4, 0.5) is 0 Å². The Kier molecular flexibility index (Phi) is 6.52. The molecule has 0 unspecified atom stereocenters. The van der Waals surface area contributed by atoms with Crippen LogP contribution < -0.4 is 0 Å². The van der Waals surface area contributed by atoms with Crippen molar-refractivity contribution in [2.24, 2.45) is 0 Å². The predicted molar refractivity (Wildman–Crippen MR) is 88.2 cm³/mol. The molecule has 0 aliphatic carbocycles. The number of hydroxylamine groups is 2. The Morgan fingerprint density at radius 3 is 2.42 bits per heavy atom. The molecule has 0 spiro atoms. The molecular formula is C18H23NO5. The molecule has 0 radical (unpaired) electrons. The van der Waals surface area contributed by atoms with Crippen molar-refractivity contribution < 1.29 is 23.9 Å². The van der Waals surface area contributed by atoms with E-state index in [2.05, 4.69) is 0 Å². The van der Waals surface area contributed by atoms with Gasteiger partial charge in [-0.15, -0.1) is 5.06 Å². The molecule has 1 aromatic rings. The molecule has 0 bridgehead atoms. The third kappa shape index (κ3) is 4.91. The lowest BCUT2D eigenvalue weighted by molar-refractivity contribution is -0.205. The highest BCUT2D eigenvalue weighted by atomic mass is 16.7. The summed E-state index contributed by atoms with van der Waals surface area (Å²) in [6, 6.07) is 8.83.